The molecule has 0 aliphatic carbocycles. The second-order valence-electron chi connectivity index (χ2n) is 3.39. The van der Waals surface area contributed by atoms with Crippen molar-refractivity contribution < 1.29 is 5.11 Å². The number of H-pyrrole nitrogens is 1. The topological polar surface area (TPSA) is 74.7 Å². The van der Waals surface area contributed by atoms with Gasteiger partial charge < -0.3 is 10.1 Å². The van der Waals surface area contributed by atoms with Gasteiger partial charge in [-0.25, -0.2) is 15.0 Å². The van der Waals surface area contributed by atoms with Crippen LogP contribution in [0, 0.1) is 0 Å². The Morgan fingerprint density at radius 1 is 1.12 bits per heavy atom. The zero-order valence-electron chi connectivity index (χ0n) is 8.25. The molecule has 0 radical (unpaired) electrons. The molecular formula is C11H8N4O. The van der Waals surface area contributed by atoms with Gasteiger partial charge in [0.25, 0.3) is 0 Å². The van der Waals surface area contributed by atoms with Crippen molar-refractivity contribution in [3.8, 4) is 17.1 Å². The molecule has 2 heterocycles. The summed E-state index contributed by atoms with van der Waals surface area (Å²) >= 11 is 0. The van der Waals surface area contributed by atoms with Gasteiger partial charge in [0.2, 0.25) is 0 Å². The van der Waals surface area contributed by atoms with Crippen LogP contribution in [-0.2, 0) is 0 Å². The normalized spacial score (nSPS) is 10.8. The molecule has 2 aromatic heterocycles. The lowest BCUT2D eigenvalue weighted by Crippen LogP contribution is -1.79. The van der Waals surface area contributed by atoms with Gasteiger partial charge in [0.05, 0.1) is 6.20 Å². The van der Waals surface area contributed by atoms with E-state index in [2.05, 4.69) is 19.9 Å². The highest BCUT2D eigenvalue weighted by atomic mass is 16.3. The summed E-state index contributed by atoms with van der Waals surface area (Å²) < 4.78 is 0. The predicted octanol–water partition coefficient (Wildman–Crippen LogP) is 1.73. The molecule has 0 aliphatic heterocycles. The van der Waals surface area contributed by atoms with Gasteiger partial charge in [-0.15, -0.1) is 0 Å². The Morgan fingerprint density at radius 3 is 2.69 bits per heavy atom. The summed E-state index contributed by atoms with van der Waals surface area (Å²) in [4.78, 5) is 15.4. The van der Waals surface area contributed by atoms with E-state index < -0.39 is 0 Å². The third kappa shape index (κ3) is 1.38. The van der Waals surface area contributed by atoms with E-state index >= 15 is 0 Å². The number of rotatable bonds is 1. The maximum Gasteiger partial charge on any atom is 0.181 e. The third-order valence-electron chi connectivity index (χ3n) is 2.30. The second kappa shape index (κ2) is 3.30. The first-order chi connectivity index (χ1) is 7.83. The summed E-state index contributed by atoms with van der Waals surface area (Å²) in [6, 6.07) is 6.82. The smallest absolute Gasteiger partial charge is 0.181 e. The van der Waals surface area contributed by atoms with E-state index in [0.717, 1.165) is 16.9 Å². The number of phenolic OH excluding ortho intramolecular Hbond substituents is 1. The molecule has 0 amide bonds. The summed E-state index contributed by atoms with van der Waals surface area (Å²) in [6.07, 6.45) is 3.14. The summed E-state index contributed by atoms with van der Waals surface area (Å²) in [6.45, 7) is 0. The van der Waals surface area contributed by atoms with E-state index in [1.54, 1.807) is 30.5 Å². The van der Waals surface area contributed by atoms with Crippen molar-refractivity contribution in [1.29, 1.82) is 0 Å². The molecule has 16 heavy (non-hydrogen) atoms. The van der Waals surface area contributed by atoms with Gasteiger partial charge in [-0.3, -0.25) is 0 Å². The minimum Gasteiger partial charge on any atom is -0.508 e. The number of fused-ring (bicyclic) bond motifs is 1. The molecule has 3 aromatic rings. The van der Waals surface area contributed by atoms with Crippen LogP contribution in [0.2, 0.25) is 0 Å². The molecule has 1 aromatic carbocycles. The number of imidazole rings is 1. The highest BCUT2D eigenvalue weighted by Gasteiger charge is 2.05. The van der Waals surface area contributed by atoms with E-state index in [-0.39, 0.29) is 5.75 Å². The van der Waals surface area contributed by atoms with Crippen LogP contribution < -0.4 is 0 Å². The van der Waals surface area contributed by atoms with E-state index in [1.165, 1.54) is 6.33 Å². The fraction of sp³-hybridized carbons (Fsp3) is 0. The summed E-state index contributed by atoms with van der Waals surface area (Å²) in [5, 5.41) is 9.19. The largest absolute Gasteiger partial charge is 0.508 e. The predicted molar refractivity (Wildman–Crippen MR) is 58.8 cm³/mol. The third-order valence-corrected chi connectivity index (χ3v) is 2.30. The van der Waals surface area contributed by atoms with Gasteiger partial charge in [-0.2, -0.15) is 0 Å². The van der Waals surface area contributed by atoms with Crippen LogP contribution in [-0.4, -0.2) is 25.0 Å². The Kier molecular flexibility index (Phi) is 1.83. The maximum atomic E-state index is 9.19. The lowest BCUT2D eigenvalue weighted by molar-refractivity contribution is 0.475. The average Bonchev–Trinajstić information content (AvgIpc) is 2.73. The highest BCUT2D eigenvalue weighted by Crippen LogP contribution is 2.20. The van der Waals surface area contributed by atoms with E-state index in [1.807, 2.05) is 0 Å². The molecule has 0 bridgehead atoms. The Balaban J connectivity index is 2.15. The quantitative estimate of drug-likeness (QED) is 0.644. The van der Waals surface area contributed by atoms with Gasteiger partial charge in [0.15, 0.2) is 5.65 Å². The molecule has 2 N–H and O–H groups in total. The fourth-order valence-corrected chi connectivity index (χ4v) is 1.52. The molecule has 0 fully saturated rings. The maximum absolute atomic E-state index is 9.19. The number of hydrogen-bond donors (Lipinski definition) is 2. The van der Waals surface area contributed by atoms with Crippen molar-refractivity contribution in [3.05, 3.63) is 36.8 Å². The van der Waals surface area contributed by atoms with Gasteiger partial charge in [0.1, 0.15) is 23.4 Å². The number of benzene rings is 1. The lowest BCUT2D eigenvalue weighted by Gasteiger charge is -1.95. The minimum atomic E-state index is 0.236. The zero-order valence-corrected chi connectivity index (χ0v) is 8.25. The van der Waals surface area contributed by atoms with Crippen molar-refractivity contribution in [3.63, 3.8) is 0 Å². The molecule has 0 saturated carbocycles. The van der Waals surface area contributed by atoms with Gasteiger partial charge in [0, 0.05) is 5.56 Å². The monoisotopic (exact) mass is 212 g/mol. The molecule has 5 heteroatoms. The fourth-order valence-electron chi connectivity index (χ4n) is 1.52. The number of aromatic hydroxyl groups is 1. The van der Waals surface area contributed by atoms with Crippen LogP contribution >= 0.6 is 0 Å². The van der Waals surface area contributed by atoms with Crippen LogP contribution in [0.5, 0.6) is 5.75 Å². The first-order valence-corrected chi connectivity index (χ1v) is 4.78. The van der Waals surface area contributed by atoms with E-state index in [9.17, 15) is 5.11 Å². The van der Waals surface area contributed by atoms with Crippen molar-refractivity contribution in [2.24, 2.45) is 0 Å². The molecule has 0 unspecified atom stereocenters. The zero-order chi connectivity index (χ0) is 11.0. The SMILES string of the molecule is Oc1ccc(-c2nc3ncncc3[nH]2)cc1. The molecule has 0 saturated heterocycles. The Labute approximate surface area is 90.8 Å². The molecule has 3 rings (SSSR count). The number of hydrogen-bond acceptors (Lipinski definition) is 4. The van der Waals surface area contributed by atoms with Crippen molar-refractivity contribution >= 4 is 11.2 Å². The number of phenols is 1. The summed E-state index contributed by atoms with van der Waals surface area (Å²) in [7, 11) is 0. The molecule has 78 valence electrons. The summed E-state index contributed by atoms with van der Waals surface area (Å²) in [5.41, 5.74) is 2.33. The van der Waals surface area contributed by atoms with Crippen LogP contribution in [0.4, 0.5) is 0 Å². The lowest BCUT2D eigenvalue weighted by atomic mass is 10.2. The van der Waals surface area contributed by atoms with Gasteiger partial charge in [-0.1, -0.05) is 0 Å². The van der Waals surface area contributed by atoms with Crippen LogP contribution in [0.15, 0.2) is 36.8 Å². The number of aromatic nitrogens is 4. The first-order valence-electron chi connectivity index (χ1n) is 4.78. The van der Waals surface area contributed by atoms with Crippen molar-refractivity contribution in [1.82, 2.24) is 19.9 Å². The highest BCUT2D eigenvalue weighted by molar-refractivity contribution is 5.74. The summed E-state index contributed by atoms with van der Waals surface area (Å²) in [5.74, 6) is 0.954. The molecule has 0 atom stereocenters. The van der Waals surface area contributed by atoms with Gasteiger partial charge >= 0.3 is 0 Å². The van der Waals surface area contributed by atoms with E-state index in [4.69, 9.17) is 0 Å². The number of nitrogens with one attached hydrogen (secondary N) is 1. The average molecular weight is 212 g/mol. The Bertz CT molecular complexity index is 597. The van der Waals surface area contributed by atoms with Crippen LogP contribution in [0.1, 0.15) is 0 Å². The van der Waals surface area contributed by atoms with E-state index in [0.29, 0.717) is 5.65 Å². The minimum absolute atomic E-state index is 0.236. The number of nitrogens with zero attached hydrogens (tertiary/aromatic N) is 3. The Morgan fingerprint density at radius 2 is 1.94 bits per heavy atom. The standard InChI is InChI=1S/C11H8N4O/c16-8-3-1-7(2-4-8)10-14-9-5-12-6-13-11(9)15-10/h1-6,16H,(H,12,13,14,15). The van der Waals surface area contributed by atoms with Crippen molar-refractivity contribution in [2.75, 3.05) is 0 Å². The Hall–Kier alpha value is -2.43. The van der Waals surface area contributed by atoms with Crippen molar-refractivity contribution in [2.45, 2.75) is 0 Å². The van der Waals surface area contributed by atoms with Crippen LogP contribution in [0.3, 0.4) is 0 Å². The second-order valence-corrected chi connectivity index (χ2v) is 3.39. The molecule has 0 spiro atoms. The molecular weight excluding hydrogens is 204 g/mol. The van der Waals surface area contributed by atoms with Gasteiger partial charge in [-0.05, 0) is 24.3 Å². The molecule has 5 nitrogen and oxygen atoms in total. The number of aromatic amines is 1. The van der Waals surface area contributed by atoms with Crippen LogP contribution in [0.25, 0.3) is 22.6 Å². The first kappa shape index (κ1) is 8.84. The molecule has 0 aliphatic rings.